The van der Waals surface area contributed by atoms with Gasteiger partial charge < -0.3 is 5.32 Å². The largest absolute Gasteiger partial charge is 0.309 e. The summed E-state index contributed by atoms with van der Waals surface area (Å²) in [5.74, 6) is 0. The Morgan fingerprint density at radius 2 is 1.86 bits per heavy atom. The first-order valence-electron chi connectivity index (χ1n) is 8.64. The lowest BCUT2D eigenvalue weighted by atomic mass is 9.87. The Morgan fingerprint density at radius 3 is 2.57 bits per heavy atom. The standard InChI is InChI=1S/C19H30N2/c1-18(2,13-10-17-8-4-3-5-9-17)21-15-14-20-19(16-21)11-6-7-12-19/h3-5,8-9,20H,6-7,10-16H2,1-2H3. The Bertz CT molecular complexity index is 446. The van der Waals surface area contributed by atoms with Gasteiger partial charge >= 0.3 is 0 Å². The fourth-order valence-electron chi connectivity index (χ4n) is 4.11. The summed E-state index contributed by atoms with van der Waals surface area (Å²) in [4.78, 5) is 2.75. The van der Waals surface area contributed by atoms with E-state index in [-0.39, 0.29) is 0 Å². The molecule has 0 aromatic heterocycles. The van der Waals surface area contributed by atoms with Crippen LogP contribution in [0.3, 0.4) is 0 Å². The summed E-state index contributed by atoms with van der Waals surface area (Å²) in [5.41, 5.74) is 2.20. The summed E-state index contributed by atoms with van der Waals surface area (Å²) in [7, 11) is 0. The van der Waals surface area contributed by atoms with Gasteiger partial charge in [0.1, 0.15) is 0 Å². The highest BCUT2D eigenvalue weighted by molar-refractivity contribution is 5.15. The van der Waals surface area contributed by atoms with Crippen molar-refractivity contribution < 1.29 is 0 Å². The van der Waals surface area contributed by atoms with Gasteiger partial charge in [-0.15, -0.1) is 0 Å². The third kappa shape index (κ3) is 3.49. The topological polar surface area (TPSA) is 15.3 Å². The molecule has 1 saturated heterocycles. The Kier molecular flexibility index (Phi) is 4.37. The Balaban J connectivity index is 1.61. The van der Waals surface area contributed by atoms with Gasteiger partial charge in [0.2, 0.25) is 0 Å². The Labute approximate surface area is 129 Å². The second-order valence-corrected chi connectivity index (χ2v) is 7.63. The molecule has 0 unspecified atom stereocenters. The molecule has 1 heterocycles. The first kappa shape index (κ1) is 15.1. The Hall–Kier alpha value is -0.860. The van der Waals surface area contributed by atoms with Gasteiger partial charge in [-0.25, -0.2) is 0 Å². The lowest BCUT2D eigenvalue weighted by molar-refractivity contribution is 0.0423. The van der Waals surface area contributed by atoms with Gasteiger partial charge in [0.05, 0.1) is 0 Å². The number of nitrogens with one attached hydrogen (secondary N) is 1. The lowest BCUT2D eigenvalue weighted by Crippen LogP contribution is -2.63. The molecule has 1 aliphatic heterocycles. The van der Waals surface area contributed by atoms with Crippen molar-refractivity contribution in [2.24, 2.45) is 0 Å². The van der Waals surface area contributed by atoms with Gasteiger partial charge in [0.15, 0.2) is 0 Å². The fraction of sp³-hybridized carbons (Fsp3) is 0.684. The number of rotatable bonds is 4. The first-order valence-corrected chi connectivity index (χ1v) is 8.64. The highest BCUT2D eigenvalue weighted by Gasteiger charge is 2.41. The molecule has 1 aromatic carbocycles. The summed E-state index contributed by atoms with van der Waals surface area (Å²) in [6.45, 7) is 8.47. The zero-order valence-corrected chi connectivity index (χ0v) is 13.7. The maximum absolute atomic E-state index is 3.83. The highest BCUT2D eigenvalue weighted by atomic mass is 15.3. The van der Waals surface area contributed by atoms with Crippen LogP contribution in [0.15, 0.2) is 30.3 Å². The van der Waals surface area contributed by atoms with Crippen molar-refractivity contribution in [3.8, 4) is 0 Å². The maximum atomic E-state index is 3.83. The number of aryl methyl sites for hydroxylation is 1. The van der Waals surface area contributed by atoms with Crippen LogP contribution in [0.1, 0.15) is 51.5 Å². The van der Waals surface area contributed by atoms with E-state index < -0.39 is 0 Å². The van der Waals surface area contributed by atoms with Crippen molar-refractivity contribution in [2.45, 2.75) is 63.5 Å². The number of nitrogens with zero attached hydrogens (tertiary/aromatic N) is 1. The third-order valence-corrected chi connectivity index (χ3v) is 5.66. The molecule has 1 aliphatic carbocycles. The maximum Gasteiger partial charge on any atom is 0.0309 e. The van der Waals surface area contributed by atoms with E-state index in [0.29, 0.717) is 11.1 Å². The van der Waals surface area contributed by atoms with Crippen LogP contribution in [-0.4, -0.2) is 35.6 Å². The minimum Gasteiger partial charge on any atom is -0.309 e. The second kappa shape index (κ2) is 6.10. The molecule has 0 radical (unpaired) electrons. The van der Waals surface area contributed by atoms with Crippen LogP contribution in [0.4, 0.5) is 0 Å². The summed E-state index contributed by atoms with van der Waals surface area (Å²) in [5, 5.41) is 3.83. The summed E-state index contributed by atoms with van der Waals surface area (Å²) in [6.07, 6.45) is 7.99. The quantitative estimate of drug-likeness (QED) is 0.909. The van der Waals surface area contributed by atoms with E-state index >= 15 is 0 Å². The van der Waals surface area contributed by atoms with Gasteiger partial charge in [-0.2, -0.15) is 0 Å². The normalized spacial score (nSPS) is 22.8. The highest BCUT2D eigenvalue weighted by Crippen LogP contribution is 2.35. The van der Waals surface area contributed by atoms with Crippen LogP contribution in [0.2, 0.25) is 0 Å². The van der Waals surface area contributed by atoms with Crippen LogP contribution in [0.25, 0.3) is 0 Å². The van der Waals surface area contributed by atoms with Gasteiger partial charge in [0, 0.05) is 30.7 Å². The van der Waals surface area contributed by atoms with Crippen LogP contribution in [0.5, 0.6) is 0 Å². The van der Waals surface area contributed by atoms with Crippen LogP contribution >= 0.6 is 0 Å². The third-order valence-electron chi connectivity index (χ3n) is 5.66. The molecule has 0 amide bonds. The predicted molar refractivity (Wildman–Crippen MR) is 89.6 cm³/mol. The number of hydrogen-bond donors (Lipinski definition) is 1. The molecule has 3 rings (SSSR count). The SMILES string of the molecule is CC(C)(CCc1ccccc1)N1CCNC2(CCCC2)C1. The monoisotopic (exact) mass is 286 g/mol. The van der Waals surface area contributed by atoms with E-state index in [4.69, 9.17) is 0 Å². The lowest BCUT2D eigenvalue weighted by Gasteiger charge is -2.48. The molecule has 0 bridgehead atoms. The summed E-state index contributed by atoms with van der Waals surface area (Å²) in [6, 6.07) is 10.9. The Morgan fingerprint density at radius 1 is 1.14 bits per heavy atom. The molecule has 1 N–H and O–H groups in total. The van der Waals surface area contributed by atoms with Crippen molar-refractivity contribution in [2.75, 3.05) is 19.6 Å². The zero-order chi connectivity index (χ0) is 14.8. The summed E-state index contributed by atoms with van der Waals surface area (Å²) < 4.78 is 0. The zero-order valence-electron chi connectivity index (χ0n) is 13.7. The minimum absolute atomic E-state index is 0.299. The van der Waals surface area contributed by atoms with Gasteiger partial charge in [0.25, 0.3) is 0 Å². The first-order chi connectivity index (χ1) is 10.1. The second-order valence-electron chi connectivity index (χ2n) is 7.63. The molecule has 2 heteroatoms. The molecule has 2 fully saturated rings. The summed E-state index contributed by atoms with van der Waals surface area (Å²) >= 11 is 0. The van der Waals surface area contributed by atoms with Crippen molar-refractivity contribution in [3.05, 3.63) is 35.9 Å². The number of piperazine rings is 1. The van der Waals surface area contributed by atoms with E-state index in [0.717, 1.165) is 6.54 Å². The average Bonchev–Trinajstić information content (AvgIpc) is 2.94. The fourth-order valence-corrected chi connectivity index (χ4v) is 4.11. The van der Waals surface area contributed by atoms with Gasteiger partial charge in [-0.1, -0.05) is 43.2 Å². The van der Waals surface area contributed by atoms with Gasteiger partial charge in [-0.3, -0.25) is 4.90 Å². The predicted octanol–water partition coefficient (Wildman–Crippen LogP) is 3.62. The van der Waals surface area contributed by atoms with E-state index in [9.17, 15) is 0 Å². The van der Waals surface area contributed by atoms with E-state index in [2.05, 4.69) is 54.4 Å². The van der Waals surface area contributed by atoms with E-state index in [1.807, 2.05) is 0 Å². The van der Waals surface area contributed by atoms with E-state index in [1.165, 1.54) is 57.2 Å². The molecule has 1 aromatic rings. The van der Waals surface area contributed by atoms with Crippen LogP contribution in [-0.2, 0) is 6.42 Å². The molecule has 2 nitrogen and oxygen atoms in total. The minimum atomic E-state index is 0.299. The number of hydrogen-bond acceptors (Lipinski definition) is 2. The molecule has 1 saturated carbocycles. The van der Waals surface area contributed by atoms with Gasteiger partial charge in [-0.05, 0) is 45.1 Å². The molecular formula is C19H30N2. The molecule has 1 spiro atoms. The van der Waals surface area contributed by atoms with Crippen molar-refractivity contribution >= 4 is 0 Å². The van der Waals surface area contributed by atoms with Crippen molar-refractivity contribution in [3.63, 3.8) is 0 Å². The van der Waals surface area contributed by atoms with Crippen molar-refractivity contribution in [1.29, 1.82) is 0 Å². The van der Waals surface area contributed by atoms with Crippen LogP contribution in [0, 0.1) is 0 Å². The smallest absolute Gasteiger partial charge is 0.0309 e. The number of benzene rings is 1. The average molecular weight is 286 g/mol. The van der Waals surface area contributed by atoms with Crippen LogP contribution < -0.4 is 5.32 Å². The molecule has 0 atom stereocenters. The molecule has 21 heavy (non-hydrogen) atoms. The van der Waals surface area contributed by atoms with E-state index in [1.54, 1.807) is 0 Å². The molecular weight excluding hydrogens is 256 g/mol. The molecule has 2 aliphatic rings. The molecule has 116 valence electrons. The van der Waals surface area contributed by atoms with Crippen molar-refractivity contribution in [1.82, 2.24) is 10.2 Å².